The van der Waals surface area contributed by atoms with Gasteiger partial charge in [-0.25, -0.2) is 0 Å². The Labute approximate surface area is 171 Å². The third kappa shape index (κ3) is 3.22. The van der Waals surface area contributed by atoms with Gasteiger partial charge in [0, 0.05) is 40.3 Å². The molecule has 1 N–H and O–H groups in total. The van der Waals surface area contributed by atoms with Gasteiger partial charge in [0.25, 0.3) is 0 Å². The first-order valence-electron chi connectivity index (χ1n) is 9.26. The molecule has 0 spiro atoms. The lowest BCUT2D eigenvalue weighted by Crippen LogP contribution is -2.13. The Hall–Kier alpha value is -3.70. The number of benzene rings is 2. The minimum atomic E-state index is -0.0588. The first-order chi connectivity index (χ1) is 14.3. The normalized spacial score (nSPS) is 10.9. The number of nitrogens with zero attached hydrogens (tertiary/aromatic N) is 2. The maximum Gasteiger partial charge on any atom is 0.193 e. The fourth-order valence-corrected chi connectivity index (χ4v) is 4.22. The lowest BCUT2D eigenvalue weighted by atomic mass is 10.1. The number of rotatable bonds is 4. The van der Waals surface area contributed by atoms with Crippen LogP contribution in [-0.2, 0) is 0 Å². The molecular formula is C24H17N3OS. The first kappa shape index (κ1) is 17.4. The molecule has 0 saturated heterocycles. The predicted octanol–water partition coefficient (Wildman–Crippen LogP) is 5.86. The molecule has 0 bridgehead atoms. The van der Waals surface area contributed by atoms with Gasteiger partial charge in [0.15, 0.2) is 5.43 Å². The van der Waals surface area contributed by atoms with Gasteiger partial charge in [0.2, 0.25) is 0 Å². The van der Waals surface area contributed by atoms with E-state index in [0.29, 0.717) is 11.2 Å². The second kappa shape index (κ2) is 7.37. The highest BCUT2D eigenvalue weighted by molar-refractivity contribution is 7.13. The van der Waals surface area contributed by atoms with Crippen molar-refractivity contribution in [3.05, 3.63) is 107 Å². The average Bonchev–Trinajstić information content (AvgIpc) is 3.30. The van der Waals surface area contributed by atoms with Crippen LogP contribution in [0.15, 0.2) is 101 Å². The topological polar surface area (TPSA) is 46.9 Å². The van der Waals surface area contributed by atoms with E-state index in [1.165, 1.54) is 0 Å². The van der Waals surface area contributed by atoms with Crippen molar-refractivity contribution in [2.75, 3.05) is 5.32 Å². The van der Waals surface area contributed by atoms with E-state index in [1.54, 1.807) is 23.6 Å². The second-order valence-electron chi connectivity index (χ2n) is 6.62. The number of nitrogens with one attached hydrogen (secondary N) is 1. The summed E-state index contributed by atoms with van der Waals surface area (Å²) in [5, 5.41) is 6.05. The molecule has 0 aliphatic heterocycles. The molecule has 0 radical (unpaired) electrons. The van der Waals surface area contributed by atoms with E-state index >= 15 is 0 Å². The zero-order valence-electron chi connectivity index (χ0n) is 15.4. The van der Waals surface area contributed by atoms with Crippen molar-refractivity contribution >= 4 is 33.7 Å². The minimum absolute atomic E-state index is 0.0588. The van der Waals surface area contributed by atoms with Gasteiger partial charge < -0.3 is 5.32 Å². The van der Waals surface area contributed by atoms with Crippen LogP contribution >= 0.6 is 11.3 Å². The van der Waals surface area contributed by atoms with Gasteiger partial charge in [0.1, 0.15) is 5.82 Å². The fourth-order valence-electron chi connectivity index (χ4n) is 3.48. The molecule has 0 unspecified atom stereocenters. The highest BCUT2D eigenvalue weighted by Crippen LogP contribution is 2.34. The maximum absolute atomic E-state index is 13.0. The van der Waals surface area contributed by atoms with Crippen molar-refractivity contribution in [1.29, 1.82) is 0 Å². The van der Waals surface area contributed by atoms with Crippen molar-refractivity contribution in [2.24, 2.45) is 0 Å². The molecule has 0 saturated carbocycles. The summed E-state index contributed by atoms with van der Waals surface area (Å²) in [6.07, 6.45) is 3.49. The van der Waals surface area contributed by atoms with Crippen molar-refractivity contribution in [2.45, 2.75) is 0 Å². The highest BCUT2D eigenvalue weighted by Gasteiger charge is 2.16. The van der Waals surface area contributed by atoms with E-state index in [2.05, 4.69) is 20.9 Å². The standard InChI is InChI=1S/C24H17N3OS/c28-21-14-23(26-17-8-3-1-4-9-17)27(18-10-5-2-6-11-18)24-19(21)15-25-16-20(24)22-12-7-13-29-22/h1-16,26H. The van der Waals surface area contributed by atoms with E-state index in [1.807, 2.05) is 78.3 Å². The summed E-state index contributed by atoms with van der Waals surface area (Å²) in [5.74, 6) is 0.712. The van der Waals surface area contributed by atoms with Crippen LogP contribution in [-0.4, -0.2) is 9.55 Å². The SMILES string of the molecule is O=c1cc(Nc2ccccc2)n(-c2ccccc2)c2c(-c3cccs3)cncc12. The number of hydrogen-bond acceptors (Lipinski definition) is 4. The summed E-state index contributed by atoms with van der Waals surface area (Å²) in [5.41, 5.74) is 3.62. The Bertz CT molecular complexity index is 1330. The van der Waals surface area contributed by atoms with E-state index < -0.39 is 0 Å². The Morgan fingerprint density at radius 2 is 1.62 bits per heavy atom. The van der Waals surface area contributed by atoms with Crippen LogP contribution in [0.2, 0.25) is 0 Å². The summed E-state index contributed by atoms with van der Waals surface area (Å²) in [4.78, 5) is 18.4. The van der Waals surface area contributed by atoms with Gasteiger partial charge in [-0.2, -0.15) is 0 Å². The fraction of sp³-hybridized carbons (Fsp3) is 0. The summed E-state index contributed by atoms with van der Waals surface area (Å²) in [6.45, 7) is 0. The summed E-state index contributed by atoms with van der Waals surface area (Å²) in [6, 6.07) is 25.6. The molecule has 5 rings (SSSR count). The van der Waals surface area contributed by atoms with Crippen LogP contribution in [0.4, 0.5) is 11.5 Å². The van der Waals surface area contributed by atoms with Crippen molar-refractivity contribution in [3.8, 4) is 16.1 Å². The van der Waals surface area contributed by atoms with Crippen LogP contribution in [0.1, 0.15) is 0 Å². The molecule has 3 aromatic heterocycles. The Balaban J connectivity index is 1.88. The molecule has 0 amide bonds. The van der Waals surface area contributed by atoms with Crippen LogP contribution in [0.5, 0.6) is 0 Å². The Morgan fingerprint density at radius 1 is 0.862 bits per heavy atom. The molecule has 5 aromatic rings. The number of pyridine rings is 2. The van der Waals surface area contributed by atoms with Gasteiger partial charge in [0.05, 0.1) is 10.9 Å². The highest BCUT2D eigenvalue weighted by atomic mass is 32.1. The zero-order valence-corrected chi connectivity index (χ0v) is 16.3. The van der Waals surface area contributed by atoms with Crippen molar-refractivity contribution < 1.29 is 0 Å². The van der Waals surface area contributed by atoms with E-state index in [-0.39, 0.29) is 5.43 Å². The van der Waals surface area contributed by atoms with Gasteiger partial charge in [-0.05, 0) is 35.7 Å². The smallest absolute Gasteiger partial charge is 0.193 e. The first-order valence-corrected chi connectivity index (χ1v) is 10.1. The third-order valence-corrected chi connectivity index (χ3v) is 5.67. The van der Waals surface area contributed by atoms with Crippen LogP contribution in [0.25, 0.3) is 27.0 Å². The van der Waals surface area contributed by atoms with Crippen LogP contribution in [0.3, 0.4) is 0 Å². The number of aromatic nitrogens is 2. The van der Waals surface area contributed by atoms with Gasteiger partial charge >= 0.3 is 0 Å². The molecule has 3 heterocycles. The third-order valence-electron chi connectivity index (χ3n) is 4.76. The number of thiophene rings is 1. The molecule has 0 fully saturated rings. The Morgan fingerprint density at radius 3 is 2.34 bits per heavy atom. The van der Waals surface area contributed by atoms with E-state index in [9.17, 15) is 4.79 Å². The van der Waals surface area contributed by atoms with Gasteiger partial charge in [-0.1, -0.05) is 42.5 Å². The number of anilines is 2. The number of hydrogen-bond donors (Lipinski definition) is 1. The monoisotopic (exact) mass is 395 g/mol. The molecule has 0 aliphatic carbocycles. The molecule has 2 aromatic carbocycles. The maximum atomic E-state index is 13.0. The minimum Gasteiger partial charge on any atom is -0.341 e. The number of para-hydroxylation sites is 2. The molecule has 0 aliphatic rings. The Kier molecular flexibility index (Phi) is 4.42. The zero-order chi connectivity index (χ0) is 19.6. The molecule has 140 valence electrons. The van der Waals surface area contributed by atoms with Crippen LogP contribution in [0, 0.1) is 0 Å². The summed E-state index contributed by atoms with van der Waals surface area (Å²) < 4.78 is 2.10. The number of fused-ring (bicyclic) bond motifs is 1. The molecule has 29 heavy (non-hydrogen) atoms. The van der Waals surface area contributed by atoms with Gasteiger partial charge in [-0.3, -0.25) is 14.3 Å². The van der Waals surface area contributed by atoms with Crippen molar-refractivity contribution in [3.63, 3.8) is 0 Å². The lowest BCUT2D eigenvalue weighted by molar-refractivity contribution is 1.10. The molecule has 5 heteroatoms. The van der Waals surface area contributed by atoms with Crippen LogP contribution < -0.4 is 10.7 Å². The quantitative estimate of drug-likeness (QED) is 0.415. The summed E-state index contributed by atoms with van der Waals surface area (Å²) in [7, 11) is 0. The lowest BCUT2D eigenvalue weighted by Gasteiger charge is -2.20. The van der Waals surface area contributed by atoms with E-state index in [0.717, 1.165) is 27.3 Å². The molecular weight excluding hydrogens is 378 g/mol. The van der Waals surface area contributed by atoms with E-state index in [4.69, 9.17) is 0 Å². The second-order valence-corrected chi connectivity index (χ2v) is 7.56. The average molecular weight is 395 g/mol. The van der Waals surface area contributed by atoms with Gasteiger partial charge in [-0.15, -0.1) is 11.3 Å². The predicted molar refractivity (Wildman–Crippen MR) is 120 cm³/mol. The molecule has 0 atom stereocenters. The van der Waals surface area contributed by atoms with Crippen molar-refractivity contribution in [1.82, 2.24) is 9.55 Å². The summed E-state index contributed by atoms with van der Waals surface area (Å²) >= 11 is 1.63. The molecule has 4 nitrogen and oxygen atoms in total. The largest absolute Gasteiger partial charge is 0.341 e.